The third kappa shape index (κ3) is 4.00. The monoisotopic (exact) mass is 345 g/mol. The van der Waals surface area contributed by atoms with Gasteiger partial charge < -0.3 is 5.32 Å². The number of thiophene rings is 1. The molecule has 1 aliphatic rings. The van der Waals surface area contributed by atoms with Crippen molar-refractivity contribution in [1.29, 1.82) is 0 Å². The third-order valence-corrected chi connectivity index (χ3v) is 5.77. The molecule has 1 fully saturated rings. The highest BCUT2D eigenvalue weighted by Crippen LogP contribution is 2.21. The Labute approximate surface area is 114 Å². The Hall–Kier alpha value is 0.380. The second-order valence-corrected chi connectivity index (χ2v) is 8.26. The molecule has 92 valence electrons. The molecule has 0 radical (unpaired) electrons. The number of halogens is 2. The van der Waals surface area contributed by atoms with E-state index in [2.05, 4.69) is 32.7 Å². The second-order valence-electron chi connectivity index (χ2n) is 3.74. The first-order valence-electron chi connectivity index (χ1n) is 4.72. The molecule has 1 saturated heterocycles. The van der Waals surface area contributed by atoms with Gasteiger partial charge in [-0.15, -0.1) is 23.7 Å². The van der Waals surface area contributed by atoms with Crippen LogP contribution in [0, 0.1) is 0 Å². The zero-order chi connectivity index (χ0) is 10.9. The molecular weight excluding hydrogens is 334 g/mol. The van der Waals surface area contributed by atoms with Gasteiger partial charge in [-0.1, -0.05) is 0 Å². The predicted molar refractivity (Wildman–Crippen MR) is 73.2 cm³/mol. The highest BCUT2D eigenvalue weighted by atomic mass is 79.9. The van der Waals surface area contributed by atoms with Gasteiger partial charge in [0.1, 0.15) is 0 Å². The fraction of sp³-hybridized carbons (Fsp3) is 0.556. The zero-order valence-corrected chi connectivity index (χ0v) is 12.5. The minimum Gasteiger partial charge on any atom is -0.309 e. The minimum absolute atomic E-state index is 0. The maximum atomic E-state index is 11.2. The lowest BCUT2D eigenvalue weighted by molar-refractivity contribution is 0.554. The van der Waals surface area contributed by atoms with E-state index in [1.807, 2.05) is 0 Å². The number of hydrogen-bond donors (Lipinski definition) is 1. The van der Waals surface area contributed by atoms with Crippen LogP contribution in [0.25, 0.3) is 0 Å². The van der Waals surface area contributed by atoms with Crippen molar-refractivity contribution in [3.63, 3.8) is 0 Å². The van der Waals surface area contributed by atoms with Crippen LogP contribution in [0.3, 0.4) is 0 Å². The van der Waals surface area contributed by atoms with Crippen LogP contribution in [0.4, 0.5) is 0 Å². The van der Waals surface area contributed by atoms with Crippen molar-refractivity contribution >= 4 is 49.5 Å². The van der Waals surface area contributed by atoms with Crippen LogP contribution in [0.15, 0.2) is 15.2 Å². The van der Waals surface area contributed by atoms with E-state index in [-0.39, 0.29) is 24.2 Å². The summed E-state index contributed by atoms with van der Waals surface area (Å²) in [4.78, 5) is 0. The van der Waals surface area contributed by atoms with Crippen LogP contribution in [-0.2, 0) is 16.4 Å². The summed E-state index contributed by atoms with van der Waals surface area (Å²) in [6, 6.07) is 2.19. The molecule has 7 heteroatoms. The highest BCUT2D eigenvalue weighted by Gasteiger charge is 2.27. The average molecular weight is 347 g/mol. The third-order valence-electron chi connectivity index (χ3n) is 2.45. The Balaban J connectivity index is 0.00000128. The molecule has 16 heavy (non-hydrogen) atoms. The van der Waals surface area contributed by atoms with Gasteiger partial charge in [0.15, 0.2) is 9.84 Å². The molecule has 2 rings (SSSR count). The van der Waals surface area contributed by atoms with E-state index < -0.39 is 9.84 Å². The SMILES string of the molecule is Cl.O=S1(=O)CCC(NCc2csc(Br)c2)C1. The number of sulfone groups is 1. The van der Waals surface area contributed by atoms with Crippen molar-refractivity contribution in [2.75, 3.05) is 11.5 Å². The van der Waals surface area contributed by atoms with E-state index in [4.69, 9.17) is 0 Å². The van der Waals surface area contributed by atoms with E-state index in [1.165, 1.54) is 5.56 Å². The van der Waals surface area contributed by atoms with Gasteiger partial charge in [-0.05, 0) is 39.4 Å². The molecule has 0 saturated carbocycles. The first-order chi connectivity index (χ1) is 7.05. The van der Waals surface area contributed by atoms with Gasteiger partial charge >= 0.3 is 0 Å². The Kier molecular flexibility index (Phi) is 5.25. The summed E-state index contributed by atoms with van der Waals surface area (Å²) in [5, 5.41) is 5.34. The van der Waals surface area contributed by atoms with Crippen LogP contribution in [0.1, 0.15) is 12.0 Å². The summed E-state index contributed by atoms with van der Waals surface area (Å²) in [5.41, 5.74) is 1.20. The Morgan fingerprint density at radius 3 is 2.81 bits per heavy atom. The molecule has 1 N–H and O–H groups in total. The Morgan fingerprint density at radius 1 is 1.56 bits per heavy atom. The van der Waals surface area contributed by atoms with E-state index in [9.17, 15) is 8.42 Å². The highest BCUT2D eigenvalue weighted by molar-refractivity contribution is 9.11. The first kappa shape index (κ1) is 14.4. The molecule has 0 aromatic carbocycles. The van der Waals surface area contributed by atoms with Gasteiger partial charge in [0.05, 0.1) is 15.3 Å². The molecule has 1 aromatic heterocycles. The Bertz CT molecular complexity index is 446. The normalized spacial score (nSPS) is 22.9. The second kappa shape index (κ2) is 5.82. The summed E-state index contributed by atoms with van der Waals surface area (Å²) >= 11 is 5.04. The van der Waals surface area contributed by atoms with E-state index in [1.54, 1.807) is 11.3 Å². The molecule has 1 aromatic rings. The molecule has 0 spiro atoms. The van der Waals surface area contributed by atoms with Crippen molar-refractivity contribution in [2.24, 2.45) is 0 Å². The topological polar surface area (TPSA) is 46.2 Å². The molecule has 1 unspecified atom stereocenters. The average Bonchev–Trinajstić information content (AvgIpc) is 2.69. The van der Waals surface area contributed by atoms with Crippen LogP contribution < -0.4 is 5.32 Å². The molecule has 0 aliphatic carbocycles. The van der Waals surface area contributed by atoms with Crippen molar-refractivity contribution in [1.82, 2.24) is 5.32 Å². The fourth-order valence-electron chi connectivity index (χ4n) is 1.66. The molecule has 1 aliphatic heterocycles. The molecule has 2 heterocycles. The van der Waals surface area contributed by atoms with Gasteiger partial charge in [-0.2, -0.15) is 0 Å². The summed E-state index contributed by atoms with van der Waals surface area (Å²) in [7, 11) is -2.76. The van der Waals surface area contributed by atoms with E-state index >= 15 is 0 Å². The van der Waals surface area contributed by atoms with Crippen LogP contribution in [0.5, 0.6) is 0 Å². The summed E-state index contributed by atoms with van der Waals surface area (Å²) in [6.07, 6.45) is 0.744. The van der Waals surface area contributed by atoms with Crippen molar-refractivity contribution < 1.29 is 8.42 Å². The quantitative estimate of drug-likeness (QED) is 0.913. The van der Waals surface area contributed by atoms with Gasteiger partial charge in [0, 0.05) is 12.6 Å². The maximum absolute atomic E-state index is 11.2. The summed E-state index contributed by atoms with van der Waals surface area (Å²) in [6.45, 7) is 0.752. The summed E-state index contributed by atoms with van der Waals surface area (Å²) < 4.78 is 23.5. The van der Waals surface area contributed by atoms with Gasteiger partial charge in [-0.25, -0.2) is 8.42 Å². The van der Waals surface area contributed by atoms with Crippen molar-refractivity contribution in [3.05, 3.63) is 20.8 Å². The van der Waals surface area contributed by atoms with Gasteiger partial charge in [-0.3, -0.25) is 0 Å². The number of hydrogen-bond acceptors (Lipinski definition) is 4. The summed E-state index contributed by atoms with van der Waals surface area (Å²) in [5.74, 6) is 0.621. The van der Waals surface area contributed by atoms with E-state index in [0.29, 0.717) is 5.75 Å². The molecule has 0 amide bonds. The zero-order valence-electron chi connectivity index (χ0n) is 8.48. The van der Waals surface area contributed by atoms with Crippen molar-refractivity contribution in [3.8, 4) is 0 Å². The largest absolute Gasteiger partial charge is 0.309 e. The Morgan fingerprint density at radius 2 is 2.31 bits per heavy atom. The molecule has 0 bridgehead atoms. The van der Waals surface area contributed by atoms with E-state index in [0.717, 1.165) is 16.8 Å². The standard InChI is InChI=1S/C9H12BrNO2S2.ClH/c10-9-3-7(5-14-9)4-11-8-1-2-15(12,13)6-8;/h3,5,8,11H,1-2,4,6H2;1H. The fourth-order valence-corrected chi connectivity index (χ4v) is 4.57. The lowest BCUT2D eigenvalue weighted by Crippen LogP contribution is -2.29. The van der Waals surface area contributed by atoms with Crippen LogP contribution in [0.2, 0.25) is 0 Å². The maximum Gasteiger partial charge on any atom is 0.151 e. The predicted octanol–water partition coefficient (Wildman–Crippen LogP) is 2.21. The first-order valence-corrected chi connectivity index (χ1v) is 8.21. The minimum atomic E-state index is -2.76. The van der Waals surface area contributed by atoms with Gasteiger partial charge in [0.25, 0.3) is 0 Å². The lowest BCUT2D eigenvalue weighted by Gasteiger charge is -2.08. The number of nitrogens with one attached hydrogen (secondary N) is 1. The van der Waals surface area contributed by atoms with Gasteiger partial charge in [0.2, 0.25) is 0 Å². The molecular formula is C9H13BrClNO2S2. The smallest absolute Gasteiger partial charge is 0.151 e. The molecule has 3 nitrogen and oxygen atoms in total. The van der Waals surface area contributed by atoms with Crippen LogP contribution >= 0.6 is 39.7 Å². The van der Waals surface area contributed by atoms with Crippen molar-refractivity contribution in [2.45, 2.75) is 19.0 Å². The number of rotatable bonds is 3. The van der Waals surface area contributed by atoms with Crippen LogP contribution in [-0.4, -0.2) is 26.0 Å². The molecule has 1 atom stereocenters. The lowest BCUT2D eigenvalue weighted by atomic mass is 10.2.